The van der Waals surface area contributed by atoms with E-state index in [0.717, 1.165) is 18.1 Å². The van der Waals surface area contributed by atoms with Crippen molar-refractivity contribution in [1.29, 1.82) is 0 Å². The third-order valence-corrected chi connectivity index (χ3v) is 3.86. The maximum Gasteiger partial charge on any atom is 0.168 e. The summed E-state index contributed by atoms with van der Waals surface area (Å²) in [6.07, 6.45) is 12.0. The van der Waals surface area contributed by atoms with E-state index in [-0.39, 0.29) is 6.61 Å². The molecule has 0 radical (unpaired) electrons. The van der Waals surface area contributed by atoms with Crippen molar-refractivity contribution in [3.8, 4) is 0 Å². The lowest BCUT2D eigenvalue weighted by molar-refractivity contribution is 0.246. The van der Waals surface area contributed by atoms with Gasteiger partial charge in [-0.05, 0) is 18.6 Å². The lowest BCUT2D eigenvalue weighted by Crippen LogP contribution is -2.40. The summed E-state index contributed by atoms with van der Waals surface area (Å²) < 4.78 is 0. The van der Waals surface area contributed by atoms with Gasteiger partial charge in [0.2, 0.25) is 0 Å². The Morgan fingerprint density at radius 2 is 1.47 bits per heavy atom. The van der Waals surface area contributed by atoms with Crippen LogP contribution in [0.3, 0.4) is 0 Å². The third kappa shape index (κ3) is 11.2. The van der Waals surface area contributed by atoms with E-state index >= 15 is 0 Å². The summed E-state index contributed by atoms with van der Waals surface area (Å²) >= 11 is 5.21. The highest BCUT2D eigenvalue weighted by Gasteiger charge is 2.06. The van der Waals surface area contributed by atoms with Gasteiger partial charge in [0, 0.05) is 20.1 Å². The first-order valence-electron chi connectivity index (χ1n) is 7.83. The van der Waals surface area contributed by atoms with Crippen LogP contribution < -0.4 is 5.32 Å². The monoisotopic (exact) mass is 288 g/mol. The van der Waals surface area contributed by atoms with Crippen molar-refractivity contribution in [2.24, 2.45) is 0 Å². The van der Waals surface area contributed by atoms with Gasteiger partial charge in [0.15, 0.2) is 5.11 Å². The second-order valence-corrected chi connectivity index (χ2v) is 5.48. The zero-order chi connectivity index (χ0) is 14.3. The first-order valence-corrected chi connectivity index (χ1v) is 8.24. The van der Waals surface area contributed by atoms with E-state index in [1.54, 1.807) is 0 Å². The number of aliphatic hydroxyl groups is 1. The van der Waals surface area contributed by atoms with Gasteiger partial charge in [0.1, 0.15) is 0 Å². The topological polar surface area (TPSA) is 35.5 Å². The van der Waals surface area contributed by atoms with Gasteiger partial charge < -0.3 is 15.3 Å². The number of hydrogen-bond donors (Lipinski definition) is 2. The quantitative estimate of drug-likeness (QED) is 0.426. The molecule has 0 unspecified atom stereocenters. The second-order valence-electron chi connectivity index (χ2n) is 5.09. The predicted molar refractivity (Wildman–Crippen MR) is 87.5 cm³/mol. The van der Waals surface area contributed by atoms with Gasteiger partial charge in [0.05, 0.1) is 6.61 Å². The minimum Gasteiger partial charge on any atom is -0.395 e. The Morgan fingerprint density at radius 1 is 0.947 bits per heavy atom. The summed E-state index contributed by atoms with van der Waals surface area (Å²) in [6.45, 7) is 4.01. The molecule has 0 aliphatic rings. The Hall–Kier alpha value is -0.350. The van der Waals surface area contributed by atoms with Gasteiger partial charge >= 0.3 is 0 Å². The Labute approximate surface area is 124 Å². The van der Waals surface area contributed by atoms with E-state index in [1.807, 2.05) is 7.05 Å². The maximum absolute atomic E-state index is 9.00. The van der Waals surface area contributed by atoms with Gasteiger partial charge in [-0.3, -0.25) is 0 Å². The fourth-order valence-corrected chi connectivity index (χ4v) is 2.39. The van der Waals surface area contributed by atoms with Crippen LogP contribution in [0.15, 0.2) is 0 Å². The lowest BCUT2D eigenvalue weighted by atomic mass is 10.1. The number of rotatable bonds is 12. The molecule has 0 fully saturated rings. The molecule has 0 aromatic rings. The minimum atomic E-state index is 0.166. The van der Waals surface area contributed by atoms with Crippen molar-refractivity contribution in [3.63, 3.8) is 0 Å². The van der Waals surface area contributed by atoms with Crippen molar-refractivity contribution in [3.05, 3.63) is 0 Å². The van der Waals surface area contributed by atoms with Crippen LogP contribution >= 0.6 is 12.2 Å². The van der Waals surface area contributed by atoms with Crippen molar-refractivity contribution in [1.82, 2.24) is 10.2 Å². The van der Waals surface area contributed by atoms with E-state index < -0.39 is 0 Å². The van der Waals surface area contributed by atoms with Crippen LogP contribution in [0.4, 0.5) is 0 Å². The Bertz CT molecular complexity index is 212. The van der Waals surface area contributed by atoms with E-state index in [9.17, 15) is 0 Å². The van der Waals surface area contributed by atoms with Gasteiger partial charge in [-0.2, -0.15) is 0 Å². The molecular weight excluding hydrogens is 256 g/mol. The molecule has 19 heavy (non-hydrogen) atoms. The van der Waals surface area contributed by atoms with Crippen LogP contribution in [0.2, 0.25) is 0 Å². The van der Waals surface area contributed by atoms with Crippen LogP contribution in [0, 0.1) is 0 Å². The van der Waals surface area contributed by atoms with Crippen LogP contribution in [0.25, 0.3) is 0 Å². The summed E-state index contributed by atoms with van der Waals surface area (Å²) in [5.41, 5.74) is 0. The Morgan fingerprint density at radius 3 is 1.95 bits per heavy atom. The fraction of sp³-hybridized carbons (Fsp3) is 0.933. The molecule has 0 heterocycles. The number of unbranched alkanes of at least 4 members (excludes halogenated alkanes) is 8. The molecule has 2 N–H and O–H groups in total. The molecule has 0 bridgehead atoms. The molecular formula is C15H32N2OS. The average Bonchev–Trinajstić information content (AvgIpc) is 2.43. The van der Waals surface area contributed by atoms with Gasteiger partial charge in [-0.15, -0.1) is 0 Å². The van der Waals surface area contributed by atoms with Crippen LogP contribution in [-0.2, 0) is 0 Å². The zero-order valence-corrected chi connectivity index (χ0v) is 13.6. The largest absolute Gasteiger partial charge is 0.395 e. The fourth-order valence-electron chi connectivity index (χ4n) is 2.21. The first-order chi connectivity index (χ1) is 9.26. The molecule has 0 aliphatic heterocycles. The lowest BCUT2D eigenvalue weighted by Gasteiger charge is -2.23. The summed E-state index contributed by atoms with van der Waals surface area (Å²) in [6, 6.07) is 0. The molecule has 0 aliphatic carbocycles. The van der Waals surface area contributed by atoms with Crippen LogP contribution in [-0.4, -0.2) is 41.9 Å². The van der Waals surface area contributed by atoms with Crippen LogP contribution in [0.1, 0.15) is 64.7 Å². The maximum atomic E-state index is 9.00. The molecule has 0 saturated heterocycles. The van der Waals surface area contributed by atoms with Gasteiger partial charge in [-0.1, -0.05) is 58.3 Å². The molecule has 0 aromatic carbocycles. The SMILES string of the molecule is CCCCCCCCCCCN(CCO)C(=S)NC. The number of hydrogen-bond acceptors (Lipinski definition) is 2. The molecule has 0 aromatic heterocycles. The number of aliphatic hydroxyl groups excluding tert-OH is 1. The van der Waals surface area contributed by atoms with Crippen molar-refractivity contribution in [2.45, 2.75) is 64.7 Å². The molecule has 4 heteroatoms. The summed E-state index contributed by atoms with van der Waals surface area (Å²) in [5.74, 6) is 0. The van der Waals surface area contributed by atoms with Crippen molar-refractivity contribution in [2.75, 3.05) is 26.7 Å². The minimum absolute atomic E-state index is 0.166. The highest BCUT2D eigenvalue weighted by molar-refractivity contribution is 7.80. The van der Waals surface area contributed by atoms with Gasteiger partial charge in [-0.25, -0.2) is 0 Å². The smallest absolute Gasteiger partial charge is 0.168 e. The number of nitrogens with one attached hydrogen (secondary N) is 1. The second kappa shape index (κ2) is 14.1. The Balaban J connectivity index is 3.42. The summed E-state index contributed by atoms with van der Waals surface area (Å²) in [5, 5.41) is 12.7. The summed E-state index contributed by atoms with van der Waals surface area (Å²) in [7, 11) is 1.84. The van der Waals surface area contributed by atoms with E-state index in [0.29, 0.717) is 6.54 Å². The van der Waals surface area contributed by atoms with Crippen LogP contribution in [0.5, 0.6) is 0 Å². The third-order valence-electron chi connectivity index (χ3n) is 3.40. The van der Waals surface area contributed by atoms with E-state index in [1.165, 1.54) is 51.4 Å². The molecule has 0 amide bonds. The molecule has 3 nitrogen and oxygen atoms in total. The molecule has 114 valence electrons. The highest BCUT2D eigenvalue weighted by Crippen LogP contribution is 2.09. The number of thiocarbonyl (C=S) groups is 1. The first kappa shape index (κ1) is 18.7. The van der Waals surface area contributed by atoms with Crippen molar-refractivity contribution < 1.29 is 5.11 Å². The predicted octanol–water partition coefficient (Wildman–Crippen LogP) is 3.32. The van der Waals surface area contributed by atoms with E-state index in [4.69, 9.17) is 17.3 Å². The molecule has 0 spiro atoms. The average molecular weight is 289 g/mol. The normalized spacial score (nSPS) is 10.5. The summed E-state index contributed by atoms with van der Waals surface area (Å²) in [4.78, 5) is 2.05. The number of nitrogens with zero attached hydrogens (tertiary/aromatic N) is 1. The standard InChI is InChI=1S/C15H32N2OS/c1-3-4-5-6-7-8-9-10-11-12-17(13-14-18)15(19)16-2/h18H,3-14H2,1-2H3,(H,16,19). The molecule has 0 atom stereocenters. The van der Waals surface area contributed by atoms with E-state index in [2.05, 4.69) is 17.1 Å². The molecule has 0 saturated carbocycles. The highest BCUT2D eigenvalue weighted by atomic mass is 32.1. The molecule has 0 rings (SSSR count). The van der Waals surface area contributed by atoms with Crippen molar-refractivity contribution >= 4 is 17.3 Å². The van der Waals surface area contributed by atoms with Gasteiger partial charge in [0.25, 0.3) is 0 Å². The zero-order valence-electron chi connectivity index (χ0n) is 12.8. The Kier molecular flexibility index (Phi) is 13.8.